The summed E-state index contributed by atoms with van der Waals surface area (Å²) in [5.41, 5.74) is -0.993. The second kappa shape index (κ2) is 10.4. The molecule has 3 unspecified atom stereocenters. The molecule has 0 saturated carbocycles. The number of hydrogen-bond donors (Lipinski definition) is 2. The molecule has 9 heteroatoms. The van der Waals surface area contributed by atoms with E-state index in [0.29, 0.717) is 24.3 Å². The highest BCUT2D eigenvalue weighted by atomic mass is 16.5. The number of carbonyl (C=O) groups excluding carboxylic acids is 2. The predicted molar refractivity (Wildman–Crippen MR) is 148 cm³/mol. The molecule has 0 aromatic heterocycles. The summed E-state index contributed by atoms with van der Waals surface area (Å²) in [6.45, 7) is 7.23. The van der Waals surface area contributed by atoms with Gasteiger partial charge in [-0.05, 0) is 55.5 Å². The maximum absolute atomic E-state index is 14.7. The molecular formula is C31H36N2O7. The molecule has 212 valence electrons. The molecule has 0 aliphatic carbocycles. The van der Waals surface area contributed by atoms with Gasteiger partial charge < -0.3 is 29.5 Å². The van der Waals surface area contributed by atoms with Crippen molar-refractivity contribution in [3.05, 3.63) is 72.8 Å². The molecule has 7 atom stereocenters. The van der Waals surface area contributed by atoms with Gasteiger partial charge in [0.15, 0.2) is 0 Å². The highest BCUT2D eigenvalue weighted by molar-refractivity contribution is 6.05. The maximum atomic E-state index is 14.7. The van der Waals surface area contributed by atoms with Crippen LogP contribution >= 0.6 is 0 Å². The summed E-state index contributed by atoms with van der Waals surface area (Å²) in [6, 6.07) is 14.5. The lowest BCUT2D eigenvalue weighted by atomic mass is 9.62. The molecule has 3 aliphatic rings. The van der Waals surface area contributed by atoms with E-state index in [2.05, 4.69) is 6.58 Å². The number of rotatable bonds is 10. The number of ether oxygens (including phenoxy) is 2. The van der Waals surface area contributed by atoms with E-state index >= 15 is 0 Å². The molecule has 9 nitrogen and oxygen atoms in total. The van der Waals surface area contributed by atoms with Gasteiger partial charge in [0.2, 0.25) is 5.91 Å². The Morgan fingerprint density at radius 1 is 1.23 bits per heavy atom. The number of aliphatic carboxylic acids is 1. The number of anilines is 1. The Hall–Kier alpha value is -3.69. The van der Waals surface area contributed by atoms with Crippen LogP contribution in [0.5, 0.6) is 5.75 Å². The zero-order valence-electron chi connectivity index (χ0n) is 23.0. The van der Waals surface area contributed by atoms with Crippen LogP contribution in [-0.2, 0) is 25.5 Å². The lowest BCUT2D eigenvalue weighted by Crippen LogP contribution is -2.59. The van der Waals surface area contributed by atoms with Crippen LogP contribution < -0.4 is 9.64 Å². The summed E-state index contributed by atoms with van der Waals surface area (Å²) >= 11 is 0. The van der Waals surface area contributed by atoms with Crippen molar-refractivity contribution in [1.82, 2.24) is 4.90 Å². The number of carboxylic acids is 1. The molecule has 3 aliphatic heterocycles. The number of hydrogen-bond acceptors (Lipinski definition) is 6. The Labute approximate surface area is 234 Å². The largest absolute Gasteiger partial charge is 0.497 e. The van der Waals surface area contributed by atoms with Crippen molar-refractivity contribution in [2.24, 2.45) is 17.8 Å². The normalized spacial score (nSPS) is 31.1. The van der Waals surface area contributed by atoms with E-state index in [1.54, 1.807) is 44.4 Å². The Balaban J connectivity index is 1.64. The number of aliphatic hydroxyl groups excluding tert-OH is 1. The second-order valence-electron chi connectivity index (χ2n) is 11.2. The van der Waals surface area contributed by atoms with Gasteiger partial charge in [-0.2, -0.15) is 0 Å². The van der Waals surface area contributed by atoms with E-state index in [0.717, 1.165) is 5.56 Å². The fourth-order valence-corrected chi connectivity index (χ4v) is 7.22. The van der Waals surface area contributed by atoms with Gasteiger partial charge in [-0.3, -0.25) is 14.4 Å². The molecule has 1 spiro atoms. The molecule has 2 aromatic rings. The number of fused-ring (bicyclic) bond motifs is 1. The minimum atomic E-state index is -1.35. The van der Waals surface area contributed by atoms with Crippen LogP contribution in [0, 0.1) is 17.8 Å². The SMILES string of the molecule is C=CCN(C(=O)C1N([C@@H](CO)Cc2ccccc2)C(=O)[C@@H]2[C@H](C(=O)O)[C@@]3(C)OC12CC3C)c1ccc(OC)cc1. The van der Waals surface area contributed by atoms with Gasteiger partial charge in [-0.25, -0.2) is 0 Å². The maximum Gasteiger partial charge on any atom is 0.310 e. The smallest absolute Gasteiger partial charge is 0.310 e. The molecule has 3 saturated heterocycles. The van der Waals surface area contributed by atoms with Crippen LogP contribution in [-0.4, -0.2) is 76.4 Å². The van der Waals surface area contributed by atoms with E-state index in [9.17, 15) is 24.6 Å². The summed E-state index contributed by atoms with van der Waals surface area (Å²) in [6.07, 6.45) is 2.25. The number of nitrogens with zero attached hydrogens (tertiary/aromatic N) is 2. The van der Waals surface area contributed by atoms with Gasteiger partial charge in [0.25, 0.3) is 5.91 Å². The third-order valence-corrected chi connectivity index (χ3v) is 9.13. The second-order valence-corrected chi connectivity index (χ2v) is 11.2. The van der Waals surface area contributed by atoms with Crippen molar-refractivity contribution in [2.75, 3.05) is 25.2 Å². The lowest BCUT2D eigenvalue weighted by Gasteiger charge is -2.39. The molecule has 2 aromatic carbocycles. The van der Waals surface area contributed by atoms with Crippen LogP contribution in [0.25, 0.3) is 0 Å². The molecule has 2 amide bonds. The number of benzene rings is 2. The average Bonchev–Trinajstić information content (AvgIpc) is 3.47. The number of carboxylic acid groups (broad SMARTS) is 1. The standard InChI is InChI=1S/C31H36N2O7/c1-5-15-32(21-11-13-23(39-4)14-12-21)28(36)26-31-17-19(2)30(3,40-31)25(29(37)38)24(31)27(35)33(26)22(18-34)16-20-9-7-6-8-10-20/h5-14,19,22,24-26,34H,1,15-18H2,2-4H3,(H,37,38)/t19?,22-,24+,25-,26?,30+,31?/m1/s1. The monoisotopic (exact) mass is 548 g/mol. The van der Waals surface area contributed by atoms with Gasteiger partial charge in [-0.1, -0.05) is 43.3 Å². The molecule has 5 rings (SSSR count). The number of aliphatic hydroxyl groups is 1. The zero-order chi connectivity index (χ0) is 28.8. The van der Waals surface area contributed by atoms with Crippen LogP contribution in [0.2, 0.25) is 0 Å². The van der Waals surface area contributed by atoms with Crippen LogP contribution in [0.3, 0.4) is 0 Å². The first-order valence-corrected chi connectivity index (χ1v) is 13.6. The first-order chi connectivity index (χ1) is 19.1. The van der Waals surface area contributed by atoms with E-state index in [1.807, 2.05) is 37.3 Å². The van der Waals surface area contributed by atoms with Crippen LogP contribution in [0.4, 0.5) is 5.69 Å². The third-order valence-electron chi connectivity index (χ3n) is 9.13. The third kappa shape index (κ3) is 4.10. The molecular weight excluding hydrogens is 512 g/mol. The van der Waals surface area contributed by atoms with Gasteiger partial charge in [0, 0.05) is 12.2 Å². The summed E-state index contributed by atoms with van der Waals surface area (Å²) < 4.78 is 11.9. The minimum absolute atomic E-state index is 0.155. The molecule has 2 bridgehead atoms. The number of methoxy groups -OCH3 is 1. The highest BCUT2D eigenvalue weighted by Gasteiger charge is 2.80. The van der Waals surface area contributed by atoms with E-state index in [-0.39, 0.29) is 12.5 Å². The Morgan fingerprint density at radius 3 is 2.48 bits per heavy atom. The number of carbonyl (C=O) groups is 3. The van der Waals surface area contributed by atoms with E-state index in [4.69, 9.17) is 9.47 Å². The summed E-state index contributed by atoms with van der Waals surface area (Å²) in [4.78, 5) is 44.6. The highest BCUT2D eigenvalue weighted by Crippen LogP contribution is 2.65. The van der Waals surface area contributed by atoms with Crippen molar-refractivity contribution >= 4 is 23.5 Å². The lowest BCUT2D eigenvalue weighted by molar-refractivity contribution is -0.157. The van der Waals surface area contributed by atoms with Crippen LogP contribution in [0.15, 0.2) is 67.3 Å². The minimum Gasteiger partial charge on any atom is -0.497 e. The topological polar surface area (TPSA) is 117 Å². The summed E-state index contributed by atoms with van der Waals surface area (Å²) in [5, 5.41) is 20.9. The van der Waals surface area contributed by atoms with Crippen molar-refractivity contribution in [1.29, 1.82) is 0 Å². The van der Waals surface area contributed by atoms with Crippen molar-refractivity contribution < 1.29 is 34.1 Å². The molecule has 3 fully saturated rings. The van der Waals surface area contributed by atoms with Crippen molar-refractivity contribution in [3.63, 3.8) is 0 Å². The fraction of sp³-hybridized carbons (Fsp3) is 0.452. The Morgan fingerprint density at radius 2 is 1.90 bits per heavy atom. The first-order valence-electron chi connectivity index (χ1n) is 13.6. The fourth-order valence-electron chi connectivity index (χ4n) is 7.22. The van der Waals surface area contributed by atoms with Crippen molar-refractivity contribution in [2.45, 2.75) is 50.0 Å². The Bertz CT molecular complexity index is 1300. The predicted octanol–water partition coefficient (Wildman–Crippen LogP) is 2.91. The molecule has 40 heavy (non-hydrogen) atoms. The van der Waals surface area contributed by atoms with Crippen LogP contribution in [0.1, 0.15) is 25.8 Å². The molecule has 3 heterocycles. The van der Waals surface area contributed by atoms with Gasteiger partial charge >= 0.3 is 5.97 Å². The number of amides is 2. The van der Waals surface area contributed by atoms with Gasteiger partial charge in [0.05, 0.1) is 31.3 Å². The summed E-state index contributed by atoms with van der Waals surface area (Å²) in [7, 11) is 1.55. The zero-order valence-corrected chi connectivity index (χ0v) is 23.0. The molecule has 2 N–H and O–H groups in total. The van der Waals surface area contributed by atoms with Gasteiger partial charge in [-0.15, -0.1) is 6.58 Å². The van der Waals surface area contributed by atoms with Gasteiger partial charge in [0.1, 0.15) is 23.3 Å². The van der Waals surface area contributed by atoms with E-state index in [1.165, 1.54) is 9.80 Å². The van der Waals surface area contributed by atoms with E-state index < -0.39 is 59.5 Å². The average molecular weight is 549 g/mol. The number of likely N-dealkylation sites (tertiary alicyclic amines) is 1. The quantitative estimate of drug-likeness (QED) is 0.439. The summed E-state index contributed by atoms with van der Waals surface area (Å²) in [5.74, 6) is -3.74. The van der Waals surface area contributed by atoms with Crippen molar-refractivity contribution in [3.8, 4) is 5.75 Å². The Kier molecular flexibility index (Phi) is 7.22. The first kappa shape index (κ1) is 27.9. The molecule has 0 radical (unpaired) electrons.